The SMILES string of the molecule is O=C(c1ccc(Cl)nc1Cl)n1ccnc1. The maximum absolute atomic E-state index is 11.8. The molecule has 0 aliphatic carbocycles. The third kappa shape index (κ3) is 2.00. The van der Waals surface area contributed by atoms with E-state index in [0.29, 0.717) is 5.56 Å². The lowest BCUT2D eigenvalue weighted by Gasteiger charge is -2.02. The zero-order valence-corrected chi connectivity index (χ0v) is 8.90. The molecule has 15 heavy (non-hydrogen) atoms. The summed E-state index contributed by atoms with van der Waals surface area (Å²) >= 11 is 11.4. The van der Waals surface area contributed by atoms with E-state index in [1.807, 2.05) is 0 Å². The smallest absolute Gasteiger partial charge is 0.266 e. The molecule has 0 radical (unpaired) electrons. The molecule has 0 amide bonds. The molecule has 2 aromatic heterocycles. The zero-order chi connectivity index (χ0) is 10.8. The number of pyridine rings is 1. The summed E-state index contributed by atoms with van der Waals surface area (Å²) in [6.45, 7) is 0. The number of halogens is 2. The monoisotopic (exact) mass is 241 g/mol. The Bertz CT molecular complexity index is 496. The van der Waals surface area contributed by atoms with Crippen LogP contribution in [0.5, 0.6) is 0 Å². The normalized spacial score (nSPS) is 10.3. The van der Waals surface area contributed by atoms with E-state index >= 15 is 0 Å². The summed E-state index contributed by atoms with van der Waals surface area (Å²) in [5.74, 6) is -0.290. The lowest BCUT2D eigenvalue weighted by Crippen LogP contribution is -2.10. The maximum atomic E-state index is 11.8. The molecule has 76 valence electrons. The number of carbonyl (C=O) groups excluding carboxylic acids is 1. The van der Waals surface area contributed by atoms with Crippen LogP contribution < -0.4 is 0 Å². The van der Waals surface area contributed by atoms with Crippen molar-refractivity contribution in [3.8, 4) is 0 Å². The summed E-state index contributed by atoms with van der Waals surface area (Å²) in [5, 5.41) is 0.336. The van der Waals surface area contributed by atoms with Gasteiger partial charge < -0.3 is 0 Å². The van der Waals surface area contributed by atoms with Crippen molar-refractivity contribution in [1.29, 1.82) is 0 Å². The second kappa shape index (κ2) is 4.00. The summed E-state index contributed by atoms with van der Waals surface area (Å²) in [6.07, 6.45) is 4.44. The topological polar surface area (TPSA) is 47.8 Å². The molecule has 0 unspecified atom stereocenters. The molecule has 0 atom stereocenters. The Kier molecular flexibility index (Phi) is 2.70. The van der Waals surface area contributed by atoms with E-state index in [4.69, 9.17) is 23.2 Å². The van der Waals surface area contributed by atoms with Crippen molar-refractivity contribution in [1.82, 2.24) is 14.5 Å². The van der Waals surface area contributed by atoms with Gasteiger partial charge in [-0.2, -0.15) is 0 Å². The van der Waals surface area contributed by atoms with E-state index in [-0.39, 0.29) is 16.2 Å². The Morgan fingerprint density at radius 1 is 1.33 bits per heavy atom. The van der Waals surface area contributed by atoms with Gasteiger partial charge in [0.05, 0.1) is 5.56 Å². The lowest BCUT2D eigenvalue weighted by molar-refractivity contribution is 0.0959. The number of hydrogen-bond donors (Lipinski definition) is 0. The molecule has 6 heteroatoms. The number of nitrogens with zero attached hydrogens (tertiary/aromatic N) is 3. The number of rotatable bonds is 1. The molecule has 0 spiro atoms. The number of hydrogen-bond acceptors (Lipinski definition) is 3. The molecule has 2 heterocycles. The van der Waals surface area contributed by atoms with Crippen molar-refractivity contribution in [2.75, 3.05) is 0 Å². The second-order valence-electron chi connectivity index (χ2n) is 2.75. The van der Waals surface area contributed by atoms with E-state index < -0.39 is 0 Å². The fraction of sp³-hybridized carbons (Fsp3) is 0. The van der Waals surface area contributed by atoms with Crippen LogP contribution in [0.4, 0.5) is 0 Å². The van der Waals surface area contributed by atoms with Crippen molar-refractivity contribution in [3.05, 3.63) is 46.7 Å². The highest BCUT2D eigenvalue weighted by molar-refractivity contribution is 6.34. The fourth-order valence-corrected chi connectivity index (χ4v) is 1.52. The summed E-state index contributed by atoms with van der Waals surface area (Å²) in [4.78, 5) is 19.3. The highest BCUT2D eigenvalue weighted by Crippen LogP contribution is 2.17. The van der Waals surface area contributed by atoms with E-state index in [2.05, 4.69) is 9.97 Å². The van der Waals surface area contributed by atoms with Crippen molar-refractivity contribution < 1.29 is 4.79 Å². The largest absolute Gasteiger partial charge is 0.272 e. The average Bonchev–Trinajstić information content (AvgIpc) is 2.69. The highest BCUT2D eigenvalue weighted by atomic mass is 35.5. The molecular formula is C9H5Cl2N3O. The van der Waals surface area contributed by atoms with Gasteiger partial charge in [-0.3, -0.25) is 9.36 Å². The molecule has 0 aliphatic heterocycles. The van der Waals surface area contributed by atoms with Crippen LogP contribution in [0.1, 0.15) is 10.4 Å². The van der Waals surface area contributed by atoms with Gasteiger partial charge in [-0.25, -0.2) is 9.97 Å². The number of aromatic nitrogens is 3. The Hall–Kier alpha value is -1.39. The standard InChI is InChI=1S/C9H5Cl2N3O/c10-7-2-1-6(8(11)13-7)9(15)14-4-3-12-5-14/h1-5H. The van der Waals surface area contributed by atoms with Crippen LogP contribution in [-0.4, -0.2) is 20.4 Å². The molecule has 2 aromatic rings. The van der Waals surface area contributed by atoms with Crippen LogP contribution in [0.3, 0.4) is 0 Å². The first-order chi connectivity index (χ1) is 7.18. The van der Waals surface area contributed by atoms with Gasteiger partial charge in [0.1, 0.15) is 16.6 Å². The lowest BCUT2D eigenvalue weighted by atomic mass is 10.3. The summed E-state index contributed by atoms with van der Waals surface area (Å²) in [5.41, 5.74) is 0.291. The second-order valence-corrected chi connectivity index (χ2v) is 3.49. The first-order valence-corrected chi connectivity index (χ1v) is 4.79. The molecule has 2 rings (SSSR count). The summed E-state index contributed by atoms with van der Waals surface area (Å²) in [6, 6.07) is 3.04. The first kappa shape index (κ1) is 10.1. The van der Waals surface area contributed by atoms with Gasteiger partial charge in [0, 0.05) is 12.4 Å². The third-order valence-corrected chi connectivity index (χ3v) is 2.28. The van der Waals surface area contributed by atoms with Crippen LogP contribution in [-0.2, 0) is 0 Å². The molecule has 0 saturated heterocycles. The minimum absolute atomic E-state index is 0.0844. The first-order valence-electron chi connectivity index (χ1n) is 4.03. The van der Waals surface area contributed by atoms with Crippen molar-refractivity contribution in [2.45, 2.75) is 0 Å². The minimum Gasteiger partial charge on any atom is -0.272 e. The quantitative estimate of drug-likeness (QED) is 0.720. The van der Waals surface area contributed by atoms with Crippen LogP contribution >= 0.6 is 23.2 Å². The Labute approximate surface area is 95.5 Å². The van der Waals surface area contributed by atoms with Crippen molar-refractivity contribution in [3.63, 3.8) is 0 Å². The molecule has 0 aliphatic rings. The van der Waals surface area contributed by atoms with E-state index in [1.54, 1.807) is 0 Å². The van der Waals surface area contributed by atoms with Gasteiger partial charge in [-0.15, -0.1) is 0 Å². The maximum Gasteiger partial charge on any atom is 0.266 e. The predicted octanol–water partition coefficient (Wildman–Crippen LogP) is 2.27. The Morgan fingerprint density at radius 3 is 2.73 bits per heavy atom. The van der Waals surface area contributed by atoms with E-state index in [1.165, 1.54) is 35.4 Å². The van der Waals surface area contributed by atoms with Crippen LogP contribution in [0.25, 0.3) is 0 Å². The van der Waals surface area contributed by atoms with Crippen molar-refractivity contribution in [2.24, 2.45) is 0 Å². The Balaban J connectivity index is 2.42. The van der Waals surface area contributed by atoms with Crippen LogP contribution in [0.2, 0.25) is 10.3 Å². The van der Waals surface area contributed by atoms with E-state index in [0.717, 1.165) is 0 Å². The fourth-order valence-electron chi connectivity index (χ4n) is 1.09. The molecule has 0 fully saturated rings. The Morgan fingerprint density at radius 2 is 2.13 bits per heavy atom. The number of carbonyl (C=O) groups is 1. The third-order valence-electron chi connectivity index (χ3n) is 1.78. The zero-order valence-electron chi connectivity index (χ0n) is 7.39. The molecule has 4 nitrogen and oxygen atoms in total. The van der Waals surface area contributed by atoms with Crippen molar-refractivity contribution >= 4 is 29.1 Å². The van der Waals surface area contributed by atoms with Gasteiger partial charge in [0.15, 0.2) is 0 Å². The molecular weight excluding hydrogens is 237 g/mol. The van der Waals surface area contributed by atoms with Gasteiger partial charge in [-0.05, 0) is 12.1 Å². The predicted molar refractivity (Wildman–Crippen MR) is 56.2 cm³/mol. The molecule has 0 N–H and O–H groups in total. The van der Waals surface area contributed by atoms with Gasteiger partial charge in [-0.1, -0.05) is 23.2 Å². The highest BCUT2D eigenvalue weighted by Gasteiger charge is 2.13. The molecule has 0 bridgehead atoms. The minimum atomic E-state index is -0.290. The van der Waals surface area contributed by atoms with Gasteiger partial charge >= 0.3 is 0 Å². The van der Waals surface area contributed by atoms with Crippen LogP contribution in [0.15, 0.2) is 30.9 Å². The average molecular weight is 242 g/mol. The molecule has 0 aromatic carbocycles. The summed E-state index contributed by atoms with van der Waals surface area (Å²) < 4.78 is 1.32. The van der Waals surface area contributed by atoms with Crippen LogP contribution in [0, 0.1) is 0 Å². The summed E-state index contributed by atoms with van der Waals surface area (Å²) in [7, 11) is 0. The number of imidazole rings is 1. The molecule has 0 saturated carbocycles. The van der Waals surface area contributed by atoms with Gasteiger partial charge in [0.25, 0.3) is 5.91 Å². The van der Waals surface area contributed by atoms with Gasteiger partial charge in [0.2, 0.25) is 0 Å². The van der Waals surface area contributed by atoms with E-state index in [9.17, 15) is 4.79 Å².